The van der Waals surface area contributed by atoms with Crippen LogP contribution in [0.2, 0.25) is 0 Å². The van der Waals surface area contributed by atoms with Crippen molar-refractivity contribution in [3.05, 3.63) is 17.6 Å². The van der Waals surface area contributed by atoms with Gasteiger partial charge in [0, 0.05) is 11.8 Å². The number of aromatic nitrogens is 2. The molecular weight excluding hydrogens is 204 g/mol. The summed E-state index contributed by atoms with van der Waals surface area (Å²) in [4.78, 5) is 8.83. The summed E-state index contributed by atoms with van der Waals surface area (Å²) < 4.78 is 5.75. The molecule has 2 atom stereocenters. The van der Waals surface area contributed by atoms with E-state index in [1.54, 1.807) is 0 Å². The first-order chi connectivity index (χ1) is 7.72. The first-order valence-corrected chi connectivity index (χ1v) is 5.73. The zero-order valence-corrected chi connectivity index (χ0v) is 9.73. The van der Waals surface area contributed by atoms with Crippen LogP contribution in [-0.2, 0) is 11.2 Å². The largest absolute Gasteiger partial charge is 0.367 e. The molecule has 5 nitrogen and oxygen atoms in total. The summed E-state index contributed by atoms with van der Waals surface area (Å²) in [5.74, 6) is 6.79. The molecule has 0 saturated carbocycles. The summed E-state index contributed by atoms with van der Waals surface area (Å²) in [5.41, 5.74) is 3.56. The van der Waals surface area contributed by atoms with Gasteiger partial charge < -0.3 is 10.2 Å². The summed E-state index contributed by atoms with van der Waals surface area (Å²) in [6, 6.07) is 1.86. The molecule has 88 valence electrons. The fourth-order valence-corrected chi connectivity index (χ4v) is 1.91. The van der Waals surface area contributed by atoms with E-state index in [0.29, 0.717) is 11.9 Å². The van der Waals surface area contributed by atoms with Crippen molar-refractivity contribution in [1.82, 2.24) is 9.97 Å². The molecule has 0 amide bonds. The van der Waals surface area contributed by atoms with Crippen LogP contribution in [0.5, 0.6) is 0 Å². The van der Waals surface area contributed by atoms with Crippen LogP contribution in [0.1, 0.15) is 44.3 Å². The summed E-state index contributed by atoms with van der Waals surface area (Å²) in [5, 5.41) is 0. The molecule has 1 aliphatic rings. The number of anilines is 1. The molecule has 0 radical (unpaired) electrons. The third-order valence-electron chi connectivity index (χ3n) is 2.83. The minimum absolute atomic E-state index is 0.0219. The van der Waals surface area contributed by atoms with Crippen molar-refractivity contribution in [2.75, 3.05) is 5.43 Å². The van der Waals surface area contributed by atoms with Gasteiger partial charge in [0.2, 0.25) is 0 Å². The quantitative estimate of drug-likeness (QED) is 0.600. The van der Waals surface area contributed by atoms with E-state index >= 15 is 0 Å². The van der Waals surface area contributed by atoms with Crippen LogP contribution in [0.3, 0.4) is 0 Å². The van der Waals surface area contributed by atoms with Crippen LogP contribution in [0.4, 0.5) is 5.82 Å². The van der Waals surface area contributed by atoms with Gasteiger partial charge in [-0.05, 0) is 26.2 Å². The van der Waals surface area contributed by atoms with Crippen molar-refractivity contribution in [2.24, 2.45) is 5.84 Å². The number of hydrogen-bond acceptors (Lipinski definition) is 5. The highest BCUT2D eigenvalue weighted by Crippen LogP contribution is 2.30. The minimum Gasteiger partial charge on any atom is -0.367 e. The van der Waals surface area contributed by atoms with E-state index in [2.05, 4.69) is 29.2 Å². The van der Waals surface area contributed by atoms with Gasteiger partial charge in [-0.25, -0.2) is 15.8 Å². The Bertz CT molecular complexity index is 347. The maximum atomic E-state index is 5.75. The number of nitrogens with two attached hydrogens (primary N) is 1. The van der Waals surface area contributed by atoms with Crippen molar-refractivity contribution < 1.29 is 4.74 Å². The Hall–Kier alpha value is -1.20. The molecule has 0 spiro atoms. The molecule has 16 heavy (non-hydrogen) atoms. The van der Waals surface area contributed by atoms with Gasteiger partial charge in [-0.1, -0.05) is 6.92 Å². The van der Waals surface area contributed by atoms with Crippen molar-refractivity contribution in [2.45, 2.75) is 45.3 Å². The number of ether oxygens (including phenoxy) is 1. The van der Waals surface area contributed by atoms with Gasteiger partial charge in [0.1, 0.15) is 11.9 Å². The second-order valence-electron chi connectivity index (χ2n) is 4.11. The smallest absolute Gasteiger partial charge is 0.159 e. The van der Waals surface area contributed by atoms with E-state index in [1.807, 2.05) is 6.07 Å². The third-order valence-corrected chi connectivity index (χ3v) is 2.83. The number of aryl methyl sites for hydroxylation is 1. The van der Waals surface area contributed by atoms with E-state index in [-0.39, 0.29) is 6.10 Å². The Balaban J connectivity index is 2.25. The van der Waals surface area contributed by atoms with E-state index < -0.39 is 0 Å². The maximum absolute atomic E-state index is 5.75. The standard InChI is InChI=1S/C11H18N4O/c1-3-8-6-10(15-12)14-11(13-8)9-5-4-7(2)16-9/h6-7,9H,3-5,12H2,1-2H3,(H,13,14,15). The normalized spacial score (nSPS) is 24.7. The molecule has 0 bridgehead atoms. The van der Waals surface area contributed by atoms with E-state index in [1.165, 1.54) is 0 Å². The molecule has 5 heteroatoms. The molecule has 3 N–H and O–H groups in total. The second-order valence-corrected chi connectivity index (χ2v) is 4.11. The second kappa shape index (κ2) is 4.76. The van der Waals surface area contributed by atoms with Crippen LogP contribution in [0.25, 0.3) is 0 Å². The van der Waals surface area contributed by atoms with Gasteiger partial charge in [0.15, 0.2) is 5.82 Å². The monoisotopic (exact) mass is 222 g/mol. The molecule has 2 heterocycles. The van der Waals surface area contributed by atoms with Crippen LogP contribution >= 0.6 is 0 Å². The zero-order valence-electron chi connectivity index (χ0n) is 9.73. The molecule has 1 fully saturated rings. The first-order valence-electron chi connectivity index (χ1n) is 5.73. The molecule has 1 aromatic heterocycles. The fraction of sp³-hybridized carbons (Fsp3) is 0.636. The Morgan fingerprint density at radius 1 is 1.50 bits per heavy atom. The zero-order chi connectivity index (χ0) is 11.5. The highest BCUT2D eigenvalue weighted by atomic mass is 16.5. The predicted molar refractivity (Wildman–Crippen MR) is 61.7 cm³/mol. The van der Waals surface area contributed by atoms with Gasteiger partial charge >= 0.3 is 0 Å². The number of nitrogen functional groups attached to an aromatic ring is 1. The summed E-state index contributed by atoms with van der Waals surface area (Å²) in [6.07, 6.45) is 3.24. The molecule has 1 aliphatic heterocycles. The lowest BCUT2D eigenvalue weighted by Gasteiger charge is -2.12. The summed E-state index contributed by atoms with van der Waals surface area (Å²) >= 11 is 0. The van der Waals surface area contributed by atoms with Crippen LogP contribution in [0.15, 0.2) is 6.07 Å². The van der Waals surface area contributed by atoms with Crippen LogP contribution in [0, 0.1) is 0 Å². The van der Waals surface area contributed by atoms with Gasteiger partial charge in [0.25, 0.3) is 0 Å². The van der Waals surface area contributed by atoms with Crippen molar-refractivity contribution in [1.29, 1.82) is 0 Å². The fourth-order valence-electron chi connectivity index (χ4n) is 1.91. The predicted octanol–water partition coefficient (Wildman–Crippen LogP) is 1.56. The van der Waals surface area contributed by atoms with Gasteiger partial charge in [0.05, 0.1) is 6.10 Å². The van der Waals surface area contributed by atoms with Crippen LogP contribution < -0.4 is 11.3 Å². The summed E-state index contributed by atoms with van der Waals surface area (Å²) in [6.45, 7) is 4.14. The lowest BCUT2D eigenvalue weighted by Crippen LogP contribution is -2.13. The van der Waals surface area contributed by atoms with Crippen LogP contribution in [-0.4, -0.2) is 16.1 Å². The van der Waals surface area contributed by atoms with Crippen molar-refractivity contribution in [3.8, 4) is 0 Å². The topological polar surface area (TPSA) is 73.1 Å². The van der Waals surface area contributed by atoms with E-state index in [0.717, 1.165) is 30.8 Å². The summed E-state index contributed by atoms with van der Waals surface area (Å²) in [7, 11) is 0. The number of hydrogen-bond donors (Lipinski definition) is 2. The lowest BCUT2D eigenvalue weighted by atomic mass is 10.2. The van der Waals surface area contributed by atoms with Crippen molar-refractivity contribution >= 4 is 5.82 Å². The maximum Gasteiger partial charge on any atom is 0.159 e. The lowest BCUT2D eigenvalue weighted by molar-refractivity contribution is 0.0502. The van der Waals surface area contributed by atoms with E-state index in [4.69, 9.17) is 10.6 Å². The Morgan fingerprint density at radius 2 is 2.31 bits per heavy atom. The van der Waals surface area contributed by atoms with Gasteiger partial charge in [-0.15, -0.1) is 0 Å². The molecule has 0 aliphatic carbocycles. The Morgan fingerprint density at radius 3 is 2.88 bits per heavy atom. The molecule has 0 aromatic carbocycles. The minimum atomic E-state index is 0.0219. The first kappa shape index (κ1) is 11.3. The third kappa shape index (κ3) is 2.31. The number of rotatable bonds is 3. The Kier molecular flexibility index (Phi) is 3.36. The SMILES string of the molecule is CCc1cc(NN)nc(C2CCC(C)O2)n1. The number of nitrogens with zero attached hydrogens (tertiary/aromatic N) is 2. The molecule has 1 saturated heterocycles. The average molecular weight is 222 g/mol. The van der Waals surface area contributed by atoms with Crippen molar-refractivity contribution in [3.63, 3.8) is 0 Å². The van der Waals surface area contributed by atoms with E-state index in [9.17, 15) is 0 Å². The number of nitrogens with one attached hydrogen (secondary N) is 1. The molecular formula is C11H18N4O. The molecule has 1 aromatic rings. The number of hydrazine groups is 1. The highest BCUT2D eigenvalue weighted by Gasteiger charge is 2.26. The molecule has 2 unspecified atom stereocenters. The molecule has 2 rings (SSSR count). The van der Waals surface area contributed by atoms with Gasteiger partial charge in [-0.3, -0.25) is 0 Å². The highest BCUT2D eigenvalue weighted by molar-refractivity contribution is 5.34. The Labute approximate surface area is 95.4 Å². The van der Waals surface area contributed by atoms with Gasteiger partial charge in [-0.2, -0.15) is 0 Å². The average Bonchev–Trinajstić information content (AvgIpc) is 2.75.